The van der Waals surface area contributed by atoms with Crippen LogP contribution in [0.3, 0.4) is 0 Å². The summed E-state index contributed by atoms with van der Waals surface area (Å²) < 4.78 is 26.2. The predicted molar refractivity (Wildman–Crippen MR) is 76.0 cm³/mol. The molecule has 2 N–H and O–H groups in total. The minimum Gasteiger partial charge on any atom is -0.352 e. The highest BCUT2D eigenvalue weighted by atomic mass is 19.1. The lowest BCUT2D eigenvalue weighted by Crippen LogP contribution is -2.13. The number of benzene rings is 2. The van der Waals surface area contributed by atoms with E-state index >= 15 is 0 Å². The molecule has 2 aromatic carbocycles. The van der Waals surface area contributed by atoms with E-state index in [4.69, 9.17) is 0 Å². The summed E-state index contributed by atoms with van der Waals surface area (Å²) >= 11 is 0. The second kappa shape index (κ2) is 5.32. The van der Waals surface area contributed by atoms with Crippen molar-refractivity contribution in [2.24, 2.45) is 0 Å². The highest BCUT2D eigenvalue weighted by Crippen LogP contribution is 2.11. The Morgan fingerprint density at radius 1 is 1.10 bits per heavy atom. The monoisotopic (exact) mass is 287 g/mol. The second-order valence-electron chi connectivity index (χ2n) is 4.56. The van der Waals surface area contributed by atoms with Crippen molar-refractivity contribution in [3.8, 4) is 0 Å². The Kier molecular flexibility index (Phi) is 3.35. The molecule has 1 aromatic heterocycles. The molecule has 0 aliphatic heterocycles. The van der Waals surface area contributed by atoms with E-state index in [0.717, 1.165) is 6.07 Å². The normalized spacial score (nSPS) is 10.8. The molecule has 1 heterocycles. The SMILES string of the molecule is O=c1[nH]c(NCc2cc(F)cc(F)c2)nc2ccccc12. The first-order chi connectivity index (χ1) is 10.1. The molecular formula is C15H11F2N3O. The van der Waals surface area contributed by atoms with E-state index in [2.05, 4.69) is 15.3 Å². The number of hydrogen-bond donors (Lipinski definition) is 2. The zero-order chi connectivity index (χ0) is 14.8. The molecule has 0 fully saturated rings. The first-order valence-electron chi connectivity index (χ1n) is 6.30. The predicted octanol–water partition coefficient (Wildman–Crippen LogP) is 2.81. The van der Waals surface area contributed by atoms with Gasteiger partial charge in [0.2, 0.25) is 5.95 Å². The summed E-state index contributed by atoms with van der Waals surface area (Å²) in [5.74, 6) is -1.04. The number of hydrogen-bond acceptors (Lipinski definition) is 3. The lowest BCUT2D eigenvalue weighted by Gasteiger charge is -2.07. The van der Waals surface area contributed by atoms with Crippen molar-refractivity contribution in [1.82, 2.24) is 9.97 Å². The molecule has 4 nitrogen and oxygen atoms in total. The Hall–Kier alpha value is -2.76. The number of aromatic amines is 1. The van der Waals surface area contributed by atoms with Gasteiger partial charge in [0.05, 0.1) is 10.9 Å². The van der Waals surface area contributed by atoms with Crippen LogP contribution in [0.15, 0.2) is 47.3 Å². The number of halogens is 2. The van der Waals surface area contributed by atoms with Gasteiger partial charge in [-0.05, 0) is 29.8 Å². The van der Waals surface area contributed by atoms with Gasteiger partial charge < -0.3 is 5.32 Å². The van der Waals surface area contributed by atoms with E-state index in [0.29, 0.717) is 16.5 Å². The molecule has 3 rings (SSSR count). The maximum Gasteiger partial charge on any atom is 0.260 e. The zero-order valence-electron chi connectivity index (χ0n) is 10.9. The van der Waals surface area contributed by atoms with Gasteiger partial charge in [-0.2, -0.15) is 0 Å². The smallest absolute Gasteiger partial charge is 0.260 e. The standard InChI is InChI=1S/C15H11F2N3O/c16-10-5-9(6-11(17)7-10)8-18-15-19-13-4-2-1-3-12(13)14(21)20-15/h1-7H,8H2,(H2,18,19,20,21). The second-order valence-corrected chi connectivity index (χ2v) is 4.56. The average molecular weight is 287 g/mol. The third kappa shape index (κ3) is 2.89. The Labute approximate surface area is 118 Å². The fourth-order valence-corrected chi connectivity index (χ4v) is 2.07. The molecule has 6 heteroatoms. The van der Waals surface area contributed by atoms with Gasteiger partial charge in [-0.1, -0.05) is 12.1 Å². The number of fused-ring (bicyclic) bond motifs is 1. The van der Waals surface area contributed by atoms with Gasteiger partial charge in [-0.15, -0.1) is 0 Å². The van der Waals surface area contributed by atoms with Crippen molar-refractivity contribution < 1.29 is 8.78 Å². The van der Waals surface area contributed by atoms with E-state index in [-0.39, 0.29) is 18.1 Å². The topological polar surface area (TPSA) is 57.8 Å². The fraction of sp³-hybridized carbons (Fsp3) is 0.0667. The molecule has 3 aromatic rings. The molecule has 0 spiro atoms. The first kappa shape index (κ1) is 13.2. The van der Waals surface area contributed by atoms with Gasteiger partial charge in [0, 0.05) is 12.6 Å². The van der Waals surface area contributed by atoms with Crippen LogP contribution in [0.4, 0.5) is 14.7 Å². The third-order valence-electron chi connectivity index (χ3n) is 3.00. The molecule has 0 amide bonds. The number of H-pyrrole nitrogens is 1. The molecular weight excluding hydrogens is 276 g/mol. The average Bonchev–Trinajstić information content (AvgIpc) is 2.44. The Balaban J connectivity index is 1.86. The van der Waals surface area contributed by atoms with Crippen LogP contribution in [-0.2, 0) is 6.54 Å². The van der Waals surface area contributed by atoms with Crippen LogP contribution in [0.1, 0.15) is 5.56 Å². The van der Waals surface area contributed by atoms with E-state index in [1.807, 2.05) is 0 Å². The lowest BCUT2D eigenvalue weighted by molar-refractivity contribution is 0.580. The van der Waals surface area contributed by atoms with Crippen LogP contribution in [-0.4, -0.2) is 9.97 Å². The molecule has 0 saturated heterocycles. The van der Waals surface area contributed by atoms with E-state index in [1.165, 1.54) is 12.1 Å². The number of para-hydroxylation sites is 1. The van der Waals surface area contributed by atoms with Gasteiger partial charge in [0.1, 0.15) is 11.6 Å². The summed E-state index contributed by atoms with van der Waals surface area (Å²) in [6.45, 7) is 0.149. The quantitative estimate of drug-likeness (QED) is 0.778. The molecule has 21 heavy (non-hydrogen) atoms. The lowest BCUT2D eigenvalue weighted by atomic mass is 10.2. The van der Waals surface area contributed by atoms with Gasteiger partial charge in [-0.25, -0.2) is 13.8 Å². The van der Waals surface area contributed by atoms with Gasteiger partial charge in [-0.3, -0.25) is 9.78 Å². The third-order valence-corrected chi connectivity index (χ3v) is 3.00. The number of nitrogens with one attached hydrogen (secondary N) is 2. The van der Waals surface area contributed by atoms with Crippen molar-refractivity contribution in [2.75, 3.05) is 5.32 Å². The number of nitrogens with zero attached hydrogens (tertiary/aromatic N) is 1. The maximum absolute atomic E-state index is 13.1. The summed E-state index contributed by atoms with van der Waals surface area (Å²) in [5.41, 5.74) is 0.700. The van der Waals surface area contributed by atoms with Crippen LogP contribution in [0.5, 0.6) is 0 Å². The number of anilines is 1. The Morgan fingerprint density at radius 3 is 2.57 bits per heavy atom. The number of aromatic nitrogens is 2. The molecule has 0 aliphatic rings. The Morgan fingerprint density at radius 2 is 1.81 bits per heavy atom. The van der Waals surface area contributed by atoms with Crippen LogP contribution in [0.25, 0.3) is 10.9 Å². The van der Waals surface area contributed by atoms with E-state index in [1.54, 1.807) is 24.3 Å². The Bertz CT molecular complexity index is 841. The van der Waals surface area contributed by atoms with Crippen LogP contribution in [0, 0.1) is 11.6 Å². The van der Waals surface area contributed by atoms with Crippen molar-refractivity contribution in [2.45, 2.75) is 6.54 Å². The zero-order valence-corrected chi connectivity index (χ0v) is 10.9. The summed E-state index contributed by atoms with van der Waals surface area (Å²) in [6.07, 6.45) is 0. The summed E-state index contributed by atoms with van der Waals surface area (Å²) in [7, 11) is 0. The van der Waals surface area contributed by atoms with Gasteiger partial charge in [0.15, 0.2) is 0 Å². The highest BCUT2D eigenvalue weighted by molar-refractivity contribution is 5.78. The van der Waals surface area contributed by atoms with Crippen molar-refractivity contribution in [3.05, 3.63) is 70.0 Å². The van der Waals surface area contributed by atoms with Crippen molar-refractivity contribution in [1.29, 1.82) is 0 Å². The van der Waals surface area contributed by atoms with Gasteiger partial charge >= 0.3 is 0 Å². The fourth-order valence-electron chi connectivity index (χ4n) is 2.07. The summed E-state index contributed by atoms with van der Waals surface area (Å²) in [4.78, 5) is 18.7. The summed E-state index contributed by atoms with van der Waals surface area (Å²) in [6, 6.07) is 10.2. The maximum atomic E-state index is 13.1. The van der Waals surface area contributed by atoms with E-state index in [9.17, 15) is 13.6 Å². The molecule has 0 bridgehead atoms. The summed E-state index contributed by atoms with van der Waals surface area (Å²) in [5, 5.41) is 3.33. The van der Waals surface area contributed by atoms with Crippen LogP contribution >= 0.6 is 0 Å². The molecule has 0 atom stereocenters. The van der Waals surface area contributed by atoms with Crippen molar-refractivity contribution >= 4 is 16.9 Å². The van der Waals surface area contributed by atoms with E-state index < -0.39 is 11.6 Å². The largest absolute Gasteiger partial charge is 0.352 e. The molecule has 0 saturated carbocycles. The molecule has 106 valence electrons. The molecule has 0 aliphatic carbocycles. The first-order valence-corrected chi connectivity index (χ1v) is 6.30. The molecule has 0 unspecified atom stereocenters. The number of rotatable bonds is 3. The van der Waals surface area contributed by atoms with Gasteiger partial charge in [0.25, 0.3) is 5.56 Å². The minimum atomic E-state index is -0.647. The van der Waals surface area contributed by atoms with Crippen molar-refractivity contribution in [3.63, 3.8) is 0 Å². The van der Waals surface area contributed by atoms with Crippen LogP contribution in [0.2, 0.25) is 0 Å². The molecule has 0 radical (unpaired) electrons. The highest BCUT2D eigenvalue weighted by Gasteiger charge is 2.04. The van der Waals surface area contributed by atoms with Crippen LogP contribution < -0.4 is 10.9 Å². The minimum absolute atomic E-state index is 0.149.